The summed E-state index contributed by atoms with van der Waals surface area (Å²) in [6, 6.07) is 14.7. The molecule has 0 radical (unpaired) electrons. The minimum absolute atomic E-state index is 0.00840. The van der Waals surface area contributed by atoms with Gasteiger partial charge in [0.15, 0.2) is 11.5 Å². The highest BCUT2D eigenvalue weighted by Gasteiger charge is 2.10. The summed E-state index contributed by atoms with van der Waals surface area (Å²) >= 11 is 0. The molecule has 1 atom stereocenters. The van der Waals surface area contributed by atoms with Gasteiger partial charge in [0.2, 0.25) is 0 Å². The molecule has 0 saturated heterocycles. The van der Waals surface area contributed by atoms with Crippen LogP contribution in [0, 0.1) is 0 Å². The third kappa shape index (κ3) is 3.73. The van der Waals surface area contributed by atoms with E-state index in [4.69, 9.17) is 0 Å². The molecule has 0 unspecified atom stereocenters. The topological polar surface area (TPSA) is 72.7 Å². The predicted molar refractivity (Wildman–Crippen MR) is 77.6 cm³/mol. The van der Waals surface area contributed by atoms with Gasteiger partial charge in [0.1, 0.15) is 0 Å². The molecule has 0 aliphatic heterocycles. The molecule has 0 aromatic heterocycles. The zero-order valence-electron chi connectivity index (χ0n) is 11.2. The lowest BCUT2D eigenvalue weighted by molar-refractivity contribution is 0.240. The van der Waals surface area contributed by atoms with Crippen molar-refractivity contribution in [3.8, 4) is 11.5 Å². The number of para-hydroxylation sites is 1. The van der Waals surface area contributed by atoms with Crippen LogP contribution < -0.4 is 5.32 Å². The van der Waals surface area contributed by atoms with E-state index in [-0.39, 0.29) is 24.1 Å². The molecule has 0 bridgehead atoms. The fraction of sp³-hybridized carbons (Fsp3) is 0.250. The summed E-state index contributed by atoms with van der Waals surface area (Å²) in [5.74, 6) is -0.246. The van der Waals surface area contributed by atoms with Crippen molar-refractivity contribution >= 4 is 0 Å². The van der Waals surface area contributed by atoms with E-state index >= 15 is 0 Å². The van der Waals surface area contributed by atoms with Gasteiger partial charge < -0.3 is 20.6 Å². The summed E-state index contributed by atoms with van der Waals surface area (Å²) in [5, 5.41) is 31.7. The highest BCUT2D eigenvalue weighted by Crippen LogP contribution is 2.27. The lowest BCUT2D eigenvalue weighted by Crippen LogP contribution is -2.34. The third-order valence-corrected chi connectivity index (χ3v) is 3.22. The second-order valence-corrected chi connectivity index (χ2v) is 4.73. The van der Waals surface area contributed by atoms with E-state index in [1.54, 1.807) is 12.1 Å². The average Bonchev–Trinajstić information content (AvgIpc) is 2.48. The van der Waals surface area contributed by atoms with Gasteiger partial charge in [-0.2, -0.15) is 0 Å². The normalized spacial score (nSPS) is 12.2. The number of aromatic hydroxyl groups is 2. The van der Waals surface area contributed by atoms with Crippen LogP contribution in [0.5, 0.6) is 11.5 Å². The first kappa shape index (κ1) is 14.4. The molecule has 0 heterocycles. The number of phenols is 2. The van der Waals surface area contributed by atoms with Crippen molar-refractivity contribution in [2.45, 2.75) is 19.0 Å². The molecule has 106 valence electrons. The number of aliphatic hydroxyl groups is 1. The smallest absolute Gasteiger partial charge is 0.161 e. The van der Waals surface area contributed by atoms with Crippen LogP contribution in [0.3, 0.4) is 0 Å². The van der Waals surface area contributed by atoms with Crippen molar-refractivity contribution in [2.75, 3.05) is 6.61 Å². The predicted octanol–water partition coefficient (Wildman–Crippen LogP) is 1.79. The molecule has 20 heavy (non-hydrogen) atoms. The zero-order valence-corrected chi connectivity index (χ0v) is 11.2. The van der Waals surface area contributed by atoms with Crippen molar-refractivity contribution < 1.29 is 15.3 Å². The third-order valence-electron chi connectivity index (χ3n) is 3.22. The van der Waals surface area contributed by atoms with Crippen molar-refractivity contribution in [1.82, 2.24) is 5.32 Å². The van der Waals surface area contributed by atoms with E-state index in [1.165, 1.54) is 6.07 Å². The van der Waals surface area contributed by atoms with E-state index < -0.39 is 0 Å². The van der Waals surface area contributed by atoms with Crippen LogP contribution in [0.15, 0.2) is 48.5 Å². The summed E-state index contributed by atoms with van der Waals surface area (Å²) in [6.45, 7) is 0.396. The van der Waals surface area contributed by atoms with Crippen molar-refractivity contribution in [1.29, 1.82) is 0 Å². The average molecular weight is 273 g/mol. The van der Waals surface area contributed by atoms with Gasteiger partial charge in [0.05, 0.1) is 6.61 Å². The molecule has 0 aliphatic carbocycles. The molecule has 4 heteroatoms. The first-order chi connectivity index (χ1) is 9.70. The lowest BCUT2D eigenvalue weighted by Gasteiger charge is -2.17. The van der Waals surface area contributed by atoms with Crippen LogP contribution in [0.1, 0.15) is 11.1 Å². The largest absolute Gasteiger partial charge is 0.504 e. The van der Waals surface area contributed by atoms with Gasteiger partial charge in [-0.05, 0) is 18.1 Å². The minimum atomic E-state index is -0.132. The van der Waals surface area contributed by atoms with Gasteiger partial charge >= 0.3 is 0 Å². The SMILES string of the molecule is OC[C@H](Cc1ccccc1)NCc1cccc(O)c1O. The molecule has 0 fully saturated rings. The van der Waals surface area contributed by atoms with E-state index in [0.29, 0.717) is 18.5 Å². The molecule has 4 nitrogen and oxygen atoms in total. The number of aliphatic hydroxyl groups excluding tert-OH is 1. The Morgan fingerprint density at radius 3 is 2.40 bits per heavy atom. The molecular formula is C16H19NO3. The standard InChI is InChI=1S/C16H19NO3/c18-11-14(9-12-5-2-1-3-6-12)17-10-13-7-4-8-15(19)16(13)20/h1-8,14,17-20H,9-11H2/t14-/m0/s1. The molecule has 4 N–H and O–H groups in total. The van der Waals surface area contributed by atoms with Crippen molar-refractivity contribution in [3.05, 3.63) is 59.7 Å². The van der Waals surface area contributed by atoms with Crippen LogP contribution in [0.4, 0.5) is 0 Å². The van der Waals surface area contributed by atoms with Crippen LogP contribution in [0.2, 0.25) is 0 Å². The Labute approximate surface area is 118 Å². The molecular weight excluding hydrogens is 254 g/mol. The van der Waals surface area contributed by atoms with Gasteiger partial charge in [0, 0.05) is 18.2 Å². The van der Waals surface area contributed by atoms with E-state index in [0.717, 1.165) is 5.56 Å². The Hall–Kier alpha value is -2.04. The summed E-state index contributed by atoms with van der Waals surface area (Å²) in [7, 11) is 0. The molecule has 0 amide bonds. The first-order valence-corrected chi connectivity index (χ1v) is 6.58. The Kier molecular flexibility index (Phi) is 4.98. The Bertz CT molecular complexity index is 543. The van der Waals surface area contributed by atoms with Crippen molar-refractivity contribution in [3.63, 3.8) is 0 Å². The van der Waals surface area contributed by atoms with Gasteiger partial charge in [0.25, 0.3) is 0 Å². The molecule has 2 aromatic carbocycles. The number of benzene rings is 2. The highest BCUT2D eigenvalue weighted by atomic mass is 16.3. The monoisotopic (exact) mass is 273 g/mol. The minimum Gasteiger partial charge on any atom is -0.504 e. The molecule has 0 aliphatic rings. The number of rotatable bonds is 6. The van der Waals surface area contributed by atoms with Crippen molar-refractivity contribution in [2.24, 2.45) is 0 Å². The van der Waals surface area contributed by atoms with E-state index in [1.807, 2.05) is 30.3 Å². The first-order valence-electron chi connectivity index (χ1n) is 6.58. The zero-order chi connectivity index (χ0) is 14.4. The lowest BCUT2D eigenvalue weighted by atomic mass is 10.1. The van der Waals surface area contributed by atoms with E-state index in [2.05, 4.69) is 5.32 Å². The van der Waals surface area contributed by atoms with Crippen LogP contribution in [0.25, 0.3) is 0 Å². The second kappa shape index (κ2) is 6.93. The summed E-state index contributed by atoms with van der Waals surface area (Å²) in [4.78, 5) is 0. The molecule has 0 saturated carbocycles. The van der Waals surface area contributed by atoms with Crippen LogP contribution >= 0.6 is 0 Å². The Morgan fingerprint density at radius 1 is 0.950 bits per heavy atom. The van der Waals surface area contributed by atoms with Gasteiger partial charge in [-0.25, -0.2) is 0 Å². The Morgan fingerprint density at radius 2 is 1.70 bits per heavy atom. The fourth-order valence-electron chi connectivity index (χ4n) is 2.07. The maximum atomic E-state index is 9.72. The fourth-order valence-corrected chi connectivity index (χ4v) is 2.07. The van der Waals surface area contributed by atoms with Crippen LogP contribution in [-0.2, 0) is 13.0 Å². The Balaban J connectivity index is 1.95. The maximum absolute atomic E-state index is 9.72. The number of phenolic OH excluding ortho intramolecular Hbond substituents is 2. The van der Waals surface area contributed by atoms with E-state index in [9.17, 15) is 15.3 Å². The number of nitrogens with one attached hydrogen (secondary N) is 1. The number of hydrogen-bond donors (Lipinski definition) is 4. The van der Waals surface area contributed by atoms with Gasteiger partial charge in [-0.1, -0.05) is 42.5 Å². The van der Waals surface area contributed by atoms with Gasteiger partial charge in [-0.3, -0.25) is 0 Å². The molecule has 0 spiro atoms. The molecule has 2 rings (SSSR count). The molecule has 2 aromatic rings. The summed E-state index contributed by atoms with van der Waals surface area (Å²) in [6.07, 6.45) is 0.705. The van der Waals surface area contributed by atoms with Crippen LogP contribution in [-0.4, -0.2) is 28.0 Å². The summed E-state index contributed by atoms with van der Waals surface area (Å²) in [5.41, 5.74) is 1.75. The maximum Gasteiger partial charge on any atom is 0.161 e. The highest BCUT2D eigenvalue weighted by molar-refractivity contribution is 5.44. The second-order valence-electron chi connectivity index (χ2n) is 4.73. The number of hydrogen-bond acceptors (Lipinski definition) is 4. The van der Waals surface area contributed by atoms with Gasteiger partial charge in [-0.15, -0.1) is 0 Å². The summed E-state index contributed by atoms with van der Waals surface area (Å²) < 4.78 is 0. The quantitative estimate of drug-likeness (QED) is 0.606.